The van der Waals surface area contributed by atoms with Crippen LogP contribution in [-0.4, -0.2) is 16.4 Å². The minimum atomic E-state index is -0.539. The maximum Gasteiger partial charge on any atom is 0.131 e. The van der Waals surface area contributed by atoms with E-state index in [2.05, 4.69) is 9.88 Å². The molecule has 0 fully saturated rings. The Bertz CT molecular complexity index is 616. The van der Waals surface area contributed by atoms with Crippen molar-refractivity contribution < 1.29 is 8.78 Å². The van der Waals surface area contributed by atoms with Crippen LogP contribution in [0.4, 0.5) is 8.78 Å². The Kier molecular flexibility index (Phi) is 3.46. The van der Waals surface area contributed by atoms with Crippen molar-refractivity contribution in [2.45, 2.75) is 19.1 Å². The van der Waals surface area contributed by atoms with Gasteiger partial charge in [-0.2, -0.15) is 0 Å². The van der Waals surface area contributed by atoms with Crippen LogP contribution in [0.15, 0.2) is 36.7 Å². The number of halogens is 2. The third kappa shape index (κ3) is 2.30. The molecule has 1 aromatic heterocycles. The normalized spacial score (nSPS) is 18.2. The van der Waals surface area contributed by atoms with E-state index in [-0.39, 0.29) is 6.04 Å². The molecule has 2 aromatic rings. The number of fused-ring (bicyclic) bond motifs is 1. The first-order chi connectivity index (χ1) is 9.69. The van der Waals surface area contributed by atoms with Gasteiger partial charge in [-0.05, 0) is 29.3 Å². The highest BCUT2D eigenvalue weighted by Gasteiger charge is 2.32. The van der Waals surface area contributed by atoms with Crippen LogP contribution in [0, 0.1) is 11.6 Å². The molecule has 0 bridgehead atoms. The highest BCUT2D eigenvalue weighted by molar-refractivity contribution is 5.36. The summed E-state index contributed by atoms with van der Waals surface area (Å²) in [5, 5.41) is 0. The molecule has 104 valence electrons. The van der Waals surface area contributed by atoms with Crippen molar-refractivity contribution in [2.24, 2.45) is 5.73 Å². The Balaban J connectivity index is 1.91. The van der Waals surface area contributed by atoms with E-state index in [1.165, 1.54) is 6.07 Å². The van der Waals surface area contributed by atoms with Gasteiger partial charge in [0.15, 0.2) is 0 Å². The molecule has 1 aromatic carbocycles. The van der Waals surface area contributed by atoms with Gasteiger partial charge in [0, 0.05) is 43.7 Å². The Labute approximate surface area is 116 Å². The number of rotatable bonds is 3. The number of pyridine rings is 1. The monoisotopic (exact) mass is 275 g/mol. The zero-order valence-corrected chi connectivity index (χ0v) is 10.9. The molecule has 0 saturated heterocycles. The van der Waals surface area contributed by atoms with Gasteiger partial charge >= 0.3 is 0 Å². The van der Waals surface area contributed by atoms with E-state index in [1.54, 1.807) is 12.4 Å². The van der Waals surface area contributed by atoms with Crippen molar-refractivity contribution in [3.05, 3.63) is 65.0 Å². The summed E-state index contributed by atoms with van der Waals surface area (Å²) in [5.41, 5.74) is 8.08. The fraction of sp³-hybridized carbons (Fsp3) is 0.267. The van der Waals surface area contributed by atoms with Crippen LogP contribution in [0.1, 0.15) is 22.7 Å². The second-order valence-corrected chi connectivity index (χ2v) is 4.97. The zero-order chi connectivity index (χ0) is 14.1. The van der Waals surface area contributed by atoms with Gasteiger partial charge in [0.05, 0.1) is 6.04 Å². The summed E-state index contributed by atoms with van der Waals surface area (Å²) in [6, 6.07) is 5.94. The lowest BCUT2D eigenvalue weighted by atomic mass is 10.0. The quantitative estimate of drug-likeness (QED) is 0.935. The molecule has 20 heavy (non-hydrogen) atoms. The van der Waals surface area contributed by atoms with Gasteiger partial charge in [-0.1, -0.05) is 0 Å². The SMILES string of the molecule is NCC1c2c(F)cc(F)cc2CN1Cc1ccncc1. The second-order valence-electron chi connectivity index (χ2n) is 4.97. The molecule has 0 radical (unpaired) electrons. The topological polar surface area (TPSA) is 42.1 Å². The lowest BCUT2D eigenvalue weighted by Crippen LogP contribution is -2.28. The van der Waals surface area contributed by atoms with Crippen LogP contribution in [0.5, 0.6) is 0 Å². The highest BCUT2D eigenvalue weighted by atomic mass is 19.1. The summed E-state index contributed by atoms with van der Waals surface area (Å²) in [6.07, 6.45) is 3.44. The molecule has 5 heteroatoms. The number of aromatic nitrogens is 1. The van der Waals surface area contributed by atoms with E-state index in [0.29, 0.717) is 30.8 Å². The molecular weight excluding hydrogens is 260 g/mol. The first-order valence-electron chi connectivity index (χ1n) is 6.50. The number of hydrogen-bond acceptors (Lipinski definition) is 3. The average molecular weight is 275 g/mol. The van der Waals surface area contributed by atoms with Gasteiger partial charge in [-0.3, -0.25) is 9.88 Å². The predicted molar refractivity (Wildman–Crippen MR) is 71.6 cm³/mol. The molecule has 2 N–H and O–H groups in total. The molecule has 0 spiro atoms. The van der Waals surface area contributed by atoms with Gasteiger partial charge in [-0.25, -0.2) is 8.78 Å². The van der Waals surface area contributed by atoms with Crippen LogP contribution < -0.4 is 5.73 Å². The van der Waals surface area contributed by atoms with Crippen molar-refractivity contribution >= 4 is 0 Å². The van der Waals surface area contributed by atoms with E-state index < -0.39 is 11.6 Å². The lowest BCUT2D eigenvalue weighted by molar-refractivity contribution is 0.208. The number of nitrogens with zero attached hydrogens (tertiary/aromatic N) is 2. The van der Waals surface area contributed by atoms with Crippen LogP contribution in [0.2, 0.25) is 0 Å². The lowest BCUT2D eigenvalue weighted by Gasteiger charge is -2.23. The largest absolute Gasteiger partial charge is 0.329 e. The van der Waals surface area contributed by atoms with Crippen LogP contribution >= 0.6 is 0 Å². The number of hydrogen-bond donors (Lipinski definition) is 1. The first-order valence-corrected chi connectivity index (χ1v) is 6.50. The molecule has 0 aliphatic carbocycles. The van der Waals surface area contributed by atoms with Gasteiger partial charge in [0.1, 0.15) is 11.6 Å². The summed E-state index contributed by atoms with van der Waals surface area (Å²) < 4.78 is 27.3. The first kappa shape index (κ1) is 13.1. The molecule has 1 aliphatic rings. The second kappa shape index (κ2) is 5.26. The molecule has 1 aliphatic heterocycles. The summed E-state index contributed by atoms with van der Waals surface area (Å²) in [4.78, 5) is 6.03. The minimum Gasteiger partial charge on any atom is -0.329 e. The third-order valence-corrected chi connectivity index (χ3v) is 3.69. The van der Waals surface area contributed by atoms with Crippen molar-refractivity contribution in [1.29, 1.82) is 0 Å². The van der Waals surface area contributed by atoms with Crippen molar-refractivity contribution in [1.82, 2.24) is 9.88 Å². The standard InChI is InChI=1S/C15H15F2N3/c16-12-5-11-9-20(8-10-1-3-19-4-2-10)14(7-18)15(11)13(17)6-12/h1-6,14H,7-9,18H2. The van der Waals surface area contributed by atoms with E-state index in [1.807, 2.05) is 12.1 Å². The van der Waals surface area contributed by atoms with E-state index in [9.17, 15) is 8.78 Å². The highest BCUT2D eigenvalue weighted by Crippen LogP contribution is 2.36. The maximum absolute atomic E-state index is 14.0. The molecule has 3 rings (SSSR count). The van der Waals surface area contributed by atoms with Gasteiger partial charge < -0.3 is 5.73 Å². The average Bonchev–Trinajstić information content (AvgIpc) is 2.77. The summed E-state index contributed by atoms with van der Waals surface area (Å²) >= 11 is 0. The Morgan fingerprint density at radius 2 is 2.00 bits per heavy atom. The zero-order valence-electron chi connectivity index (χ0n) is 10.9. The summed E-state index contributed by atoms with van der Waals surface area (Å²) in [6.45, 7) is 1.45. The van der Waals surface area contributed by atoms with Gasteiger partial charge in [-0.15, -0.1) is 0 Å². The van der Waals surface area contributed by atoms with E-state index in [4.69, 9.17) is 5.73 Å². The number of nitrogens with two attached hydrogens (primary N) is 1. The smallest absolute Gasteiger partial charge is 0.131 e. The van der Waals surface area contributed by atoms with Crippen molar-refractivity contribution in [3.8, 4) is 0 Å². The number of benzene rings is 1. The molecule has 1 unspecified atom stereocenters. The summed E-state index contributed by atoms with van der Waals surface area (Å²) in [5.74, 6) is -1.05. The van der Waals surface area contributed by atoms with E-state index >= 15 is 0 Å². The van der Waals surface area contributed by atoms with Crippen molar-refractivity contribution in [2.75, 3.05) is 6.54 Å². The molecule has 1 atom stereocenters. The Morgan fingerprint density at radius 3 is 2.70 bits per heavy atom. The summed E-state index contributed by atoms with van der Waals surface area (Å²) in [7, 11) is 0. The Morgan fingerprint density at radius 1 is 1.25 bits per heavy atom. The minimum absolute atomic E-state index is 0.209. The van der Waals surface area contributed by atoms with Gasteiger partial charge in [0.25, 0.3) is 0 Å². The maximum atomic E-state index is 14.0. The van der Waals surface area contributed by atoms with Crippen LogP contribution in [0.3, 0.4) is 0 Å². The third-order valence-electron chi connectivity index (χ3n) is 3.69. The predicted octanol–water partition coefficient (Wildman–Crippen LogP) is 2.38. The molecular formula is C15H15F2N3. The Hall–Kier alpha value is -1.85. The van der Waals surface area contributed by atoms with Crippen LogP contribution in [-0.2, 0) is 13.1 Å². The van der Waals surface area contributed by atoms with Crippen molar-refractivity contribution in [3.63, 3.8) is 0 Å². The van der Waals surface area contributed by atoms with Crippen LogP contribution in [0.25, 0.3) is 0 Å². The molecule has 0 amide bonds. The van der Waals surface area contributed by atoms with Gasteiger partial charge in [0.2, 0.25) is 0 Å². The fourth-order valence-electron chi connectivity index (χ4n) is 2.81. The molecule has 3 nitrogen and oxygen atoms in total. The fourth-order valence-corrected chi connectivity index (χ4v) is 2.81. The molecule has 0 saturated carbocycles. The molecule has 2 heterocycles. The van der Waals surface area contributed by atoms with E-state index in [0.717, 1.165) is 11.6 Å².